The van der Waals surface area contributed by atoms with Crippen LogP contribution in [0.3, 0.4) is 0 Å². The van der Waals surface area contributed by atoms with Gasteiger partial charge in [0, 0.05) is 51.7 Å². The van der Waals surface area contributed by atoms with E-state index in [0.717, 1.165) is 77.8 Å². The van der Waals surface area contributed by atoms with E-state index >= 15 is 0 Å². The summed E-state index contributed by atoms with van der Waals surface area (Å²) in [4.78, 5) is 9.61. The van der Waals surface area contributed by atoms with E-state index in [1.807, 2.05) is 12.3 Å². The van der Waals surface area contributed by atoms with Crippen molar-refractivity contribution in [3.05, 3.63) is 38.9 Å². The third-order valence-electron chi connectivity index (χ3n) is 7.11. The fourth-order valence-corrected chi connectivity index (χ4v) is 5.70. The number of hydrogen-bond acceptors (Lipinski definition) is 5. The number of hydrogen-bond donors (Lipinski definition) is 0. The molecule has 0 aliphatic carbocycles. The molecule has 4 heterocycles. The Labute approximate surface area is 195 Å². The zero-order valence-electron chi connectivity index (χ0n) is 17.7. The first-order valence-electron chi connectivity index (χ1n) is 10.5. The number of anilines is 2. The minimum atomic E-state index is 0.280. The van der Waals surface area contributed by atoms with Crippen LogP contribution in [0.5, 0.6) is 11.5 Å². The van der Waals surface area contributed by atoms with Crippen molar-refractivity contribution in [1.82, 2.24) is 9.88 Å². The molecule has 7 heteroatoms. The van der Waals surface area contributed by atoms with Crippen molar-refractivity contribution < 1.29 is 9.47 Å². The number of aryl methyl sites for hydroxylation is 1. The first-order valence-corrected chi connectivity index (χ1v) is 12.1. The SMILES string of the molecule is Cc1cc2c(cc1Br)Oc1cc(Br)cnc1N2CCCN1C[C@]2(C)COC[C@]2(C)C1. The number of fused-ring (bicyclic) bond motifs is 3. The molecular formula is C23H27Br2N3O2. The van der Waals surface area contributed by atoms with E-state index in [-0.39, 0.29) is 10.8 Å². The molecule has 0 spiro atoms. The van der Waals surface area contributed by atoms with Crippen molar-refractivity contribution in [3.8, 4) is 11.5 Å². The Morgan fingerprint density at radius 1 is 1.03 bits per heavy atom. The smallest absolute Gasteiger partial charge is 0.176 e. The van der Waals surface area contributed by atoms with Crippen LogP contribution < -0.4 is 9.64 Å². The summed E-state index contributed by atoms with van der Waals surface area (Å²) in [5.41, 5.74) is 2.84. The summed E-state index contributed by atoms with van der Waals surface area (Å²) < 4.78 is 14.0. The first-order chi connectivity index (χ1) is 14.3. The van der Waals surface area contributed by atoms with Gasteiger partial charge in [0.15, 0.2) is 17.3 Å². The lowest BCUT2D eigenvalue weighted by molar-refractivity contribution is 0.130. The summed E-state index contributed by atoms with van der Waals surface area (Å²) in [6.45, 7) is 12.9. The van der Waals surface area contributed by atoms with Gasteiger partial charge in [-0.1, -0.05) is 29.8 Å². The number of likely N-dealkylation sites (tertiary alicyclic amines) is 1. The van der Waals surface area contributed by atoms with Crippen LogP contribution in [-0.4, -0.2) is 49.3 Å². The Bertz CT molecular complexity index is 983. The summed E-state index contributed by atoms with van der Waals surface area (Å²) in [6.07, 6.45) is 2.91. The van der Waals surface area contributed by atoms with Crippen molar-refractivity contribution in [2.75, 3.05) is 44.3 Å². The molecule has 0 radical (unpaired) electrons. The van der Waals surface area contributed by atoms with Crippen LogP contribution in [0.4, 0.5) is 11.5 Å². The van der Waals surface area contributed by atoms with Crippen molar-refractivity contribution in [2.24, 2.45) is 10.8 Å². The van der Waals surface area contributed by atoms with E-state index < -0.39 is 0 Å². The number of aromatic nitrogens is 1. The van der Waals surface area contributed by atoms with E-state index in [2.05, 4.69) is 79.5 Å². The lowest BCUT2D eigenvalue weighted by Gasteiger charge is -2.33. The monoisotopic (exact) mass is 535 g/mol. The van der Waals surface area contributed by atoms with E-state index in [1.54, 1.807) is 0 Å². The van der Waals surface area contributed by atoms with Crippen LogP contribution in [0.2, 0.25) is 0 Å². The standard InChI is InChI=1S/C23H27Br2N3O2/c1-15-7-18-19(9-17(15)25)30-20-8-16(24)10-26-21(20)28(18)6-4-5-27-11-22(2)13-29-14-23(22,3)12-27/h7-10H,4-6,11-14H2,1-3H3/t22-,23+. The molecule has 1 aromatic heterocycles. The lowest BCUT2D eigenvalue weighted by atomic mass is 9.71. The third kappa shape index (κ3) is 3.38. The maximum Gasteiger partial charge on any atom is 0.176 e. The predicted octanol–water partition coefficient (Wildman–Crippen LogP) is 5.91. The Hall–Kier alpha value is -1.15. The summed E-state index contributed by atoms with van der Waals surface area (Å²) in [5, 5.41) is 0. The predicted molar refractivity (Wildman–Crippen MR) is 126 cm³/mol. The van der Waals surface area contributed by atoms with Crippen molar-refractivity contribution in [1.29, 1.82) is 0 Å². The van der Waals surface area contributed by atoms with E-state index in [9.17, 15) is 0 Å². The number of ether oxygens (including phenoxy) is 2. The molecule has 5 nitrogen and oxygen atoms in total. The number of rotatable bonds is 4. The maximum absolute atomic E-state index is 6.19. The zero-order chi connectivity index (χ0) is 21.1. The highest BCUT2D eigenvalue weighted by molar-refractivity contribution is 9.10. The summed E-state index contributed by atoms with van der Waals surface area (Å²) in [6, 6.07) is 6.24. The Balaban J connectivity index is 1.35. The van der Waals surface area contributed by atoms with Crippen LogP contribution in [0.15, 0.2) is 33.3 Å². The van der Waals surface area contributed by atoms with Gasteiger partial charge in [0.1, 0.15) is 0 Å². The van der Waals surface area contributed by atoms with E-state index in [1.165, 1.54) is 5.56 Å². The Kier molecular flexibility index (Phi) is 5.16. The molecule has 0 saturated carbocycles. The molecular weight excluding hydrogens is 510 g/mol. The van der Waals surface area contributed by atoms with Gasteiger partial charge in [-0.25, -0.2) is 4.98 Å². The Morgan fingerprint density at radius 3 is 2.50 bits per heavy atom. The number of benzene rings is 1. The lowest BCUT2D eigenvalue weighted by Crippen LogP contribution is -2.34. The highest BCUT2D eigenvalue weighted by Gasteiger charge is 2.55. The molecule has 3 aliphatic rings. The first kappa shape index (κ1) is 20.7. The minimum Gasteiger partial charge on any atom is -0.451 e. The highest BCUT2D eigenvalue weighted by Crippen LogP contribution is 2.51. The van der Waals surface area contributed by atoms with E-state index in [4.69, 9.17) is 9.47 Å². The van der Waals surface area contributed by atoms with Crippen LogP contribution in [0.1, 0.15) is 25.8 Å². The maximum atomic E-state index is 6.19. The molecule has 2 fully saturated rings. The zero-order valence-corrected chi connectivity index (χ0v) is 20.8. The summed E-state index contributed by atoms with van der Waals surface area (Å²) >= 11 is 7.16. The van der Waals surface area contributed by atoms with Crippen LogP contribution in [0, 0.1) is 17.8 Å². The average Bonchev–Trinajstić information content (AvgIpc) is 3.09. The fraction of sp³-hybridized carbons (Fsp3) is 0.522. The molecule has 3 aliphatic heterocycles. The second kappa shape index (κ2) is 7.47. The van der Waals surface area contributed by atoms with Crippen molar-refractivity contribution in [3.63, 3.8) is 0 Å². The van der Waals surface area contributed by atoms with Gasteiger partial charge in [-0.05, 0) is 53.5 Å². The summed E-state index contributed by atoms with van der Waals surface area (Å²) in [5.74, 6) is 2.55. The molecule has 1 aromatic carbocycles. The molecule has 30 heavy (non-hydrogen) atoms. The molecule has 0 unspecified atom stereocenters. The van der Waals surface area contributed by atoms with Gasteiger partial charge in [-0.2, -0.15) is 0 Å². The van der Waals surface area contributed by atoms with Gasteiger partial charge in [0.25, 0.3) is 0 Å². The van der Waals surface area contributed by atoms with Gasteiger partial charge in [-0.3, -0.25) is 0 Å². The minimum absolute atomic E-state index is 0.280. The van der Waals surface area contributed by atoms with Crippen molar-refractivity contribution in [2.45, 2.75) is 27.2 Å². The quantitative estimate of drug-likeness (QED) is 0.485. The van der Waals surface area contributed by atoms with Crippen LogP contribution in [-0.2, 0) is 4.74 Å². The normalized spacial score (nSPS) is 27.6. The van der Waals surface area contributed by atoms with Crippen LogP contribution >= 0.6 is 31.9 Å². The molecule has 2 saturated heterocycles. The van der Waals surface area contributed by atoms with Gasteiger partial charge >= 0.3 is 0 Å². The highest BCUT2D eigenvalue weighted by atomic mass is 79.9. The van der Waals surface area contributed by atoms with E-state index in [0.29, 0.717) is 0 Å². The Morgan fingerprint density at radius 2 is 1.77 bits per heavy atom. The third-order valence-corrected chi connectivity index (χ3v) is 8.39. The number of nitrogens with zero attached hydrogens (tertiary/aromatic N) is 3. The molecule has 0 bridgehead atoms. The van der Waals surface area contributed by atoms with Gasteiger partial charge in [0.2, 0.25) is 0 Å². The van der Waals surface area contributed by atoms with Crippen LogP contribution in [0.25, 0.3) is 0 Å². The van der Waals surface area contributed by atoms with Gasteiger partial charge in [0.05, 0.1) is 18.9 Å². The number of pyridine rings is 1. The topological polar surface area (TPSA) is 37.8 Å². The molecule has 5 rings (SSSR count). The molecule has 2 aromatic rings. The number of halogens is 2. The summed E-state index contributed by atoms with van der Waals surface area (Å²) in [7, 11) is 0. The van der Waals surface area contributed by atoms with Gasteiger partial charge in [-0.15, -0.1) is 0 Å². The molecule has 160 valence electrons. The largest absolute Gasteiger partial charge is 0.451 e. The molecule has 0 N–H and O–H groups in total. The molecule has 2 atom stereocenters. The van der Waals surface area contributed by atoms with Crippen molar-refractivity contribution >= 4 is 43.4 Å². The average molecular weight is 537 g/mol. The second-order valence-corrected chi connectivity index (χ2v) is 11.2. The second-order valence-electron chi connectivity index (χ2n) is 9.48. The van der Waals surface area contributed by atoms with Gasteiger partial charge < -0.3 is 19.3 Å². The fourth-order valence-electron chi connectivity index (χ4n) is 5.07. The molecule has 0 amide bonds.